The van der Waals surface area contributed by atoms with Gasteiger partial charge in [0.15, 0.2) is 5.11 Å². The Morgan fingerprint density at radius 2 is 1.69 bits per heavy atom. The van der Waals surface area contributed by atoms with Crippen molar-refractivity contribution in [2.45, 2.75) is 20.3 Å². The smallest absolute Gasteiger partial charge is 0.261 e. The van der Waals surface area contributed by atoms with E-state index >= 15 is 0 Å². The van der Waals surface area contributed by atoms with Gasteiger partial charge in [-0.1, -0.05) is 19.9 Å². The quantitative estimate of drug-likeness (QED) is 0.596. The number of amides is 2. The SMILES string of the molecule is COc1ccc(C(=O)NC(=S)Nc2cccc(NC(=O)CC(C)C)c2)c(OC)c1. The van der Waals surface area contributed by atoms with Gasteiger partial charge in [0.25, 0.3) is 5.91 Å². The van der Waals surface area contributed by atoms with Gasteiger partial charge in [-0.05, 0) is 48.5 Å². The van der Waals surface area contributed by atoms with Gasteiger partial charge in [-0.25, -0.2) is 0 Å². The fourth-order valence-electron chi connectivity index (χ4n) is 2.58. The average molecular weight is 416 g/mol. The highest BCUT2D eigenvalue weighted by Crippen LogP contribution is 2.24. The Hall–Kier alpha value is -3.13. The number of rotatable bonds is 7. The summed E-state index contributed by atoms with van der Waals surface area (Å²) >= 11 is 5.23. The van der Waals surface area contributed by atoms with E-state index in [1.54, 1.807) is 42.5 Å². The van der Waals surface area contributed by atoms with Gasteiger partial charge in [-0.15, -0.1) is 0 Å². The first-order chi connectivity index (χ1) is 13.8. The number of thiocarbonyl (C=S) groups is 1. The minimum absolute atomic E-state index is 0.0559. The fraction of sp³-hybridized carbons (Fsp3) is 0.286. The van der Waals surface area contributed by atoms with E-state index in [1.807, 2.05) is 13.8 Å². The van der Waals surface area contributed by atoms with Crippen molar-refractivity contribution in [1.29, 1.82) is 0 Å². The zero-order chi connectivity index (χ0) is 21.4. The summed E-state index contributed by atoms with van der Waals surface area (Å²) in [5, 5.41) is 8.52. The first-order valence-corrected chi connectivity index (χ1v) is 9.47. The summed E-state index contributed by atoms with van der Waals surface area (Å²) < 4.78 is 10.4. The number of anilines is 2. The Kier molecular flexibility index (Phi) is 7.97. The van der Waals surface area contributed by atoms with Crippen molar-refractivity contribution in [1.82, 2.24) is 5.32 Å². The molecule has 2 aromatic rings. The highest BCUT2D eigenvalue weighted by atomic mass is 32.1. The Morgan fingerprint density at radius 1 is 1.00 bits per heavy atom. The second kappa shape index (κ2) is 10.4. The third-order valence-electron chi connectivity index (χ3n) is 3.88. The molecular weight excluding hydrogens is 390 g/mol. The van der Waals surface area contributed by atoms with Gasteiger partial charge in [0.2, 0.25) is 5.91 Å². The first kappa shape index (κ1) is 22.2. The molecule has 0 atom stereocenters. The van der Waals surface area contributed by atoms with Crippen molar-refractivity contribution in [2.24, 2.45) is 5.92 Å². The second-order valence-electron chi connectivity index (χ2n) is 6.70. The Labute approximate surface area is 175 Å². The number of carbonyl (C=O) groups is 2. The highest BCUT2D eigenvalue weighted by molar-refractivity contribution is 7.80. The van der Waals surface area contributed by atoms with E-state index in [2.05, 4.69) is 16.0 Å². The second-order valence-corrected chi connectivity index (χ2v) is 7.11. The topological polar surface area (TPSA) is 88.7 Å². The van der Waals surface area contributed by atoms with E-state index in [0.717, 1.165) is 0 Å². The maximum Gasteiger partial charge on any atom is 0.261 e. The standard InChI is InChI=1S/C21H25N3O4S/c1-13(2)10-19(25)22-14-6-5-7-15(11-14)23-21(29)24-20(26)17-9-8-16(27-3)12-18(17)28-4/h5-9,11-13H,10H2,1-4H3,(H,22,25)(H2,23,24,26,29). The molecule has 0 radical (unpaired) electrons. The van der Waals surface area contributed by atoms with Crippen LogP contribution in [0.2, 0.25) is 0 Å². The summed E-state index contributed by atoms with van der Waals surface area (Å²) in [6.45, 7) is 3.97. The summed E-state index contributed by atoms with van der Waals surface area (Å²) in [5.41, 5.74) is 1.61. The van der Waals surface area contributed by atoms with Gasteiger partial charge >= 0.3 is 0 Å². The lowest BCUT2D eigenvalue weighted by atomic mass is 10.1. The number of ether oxygens (including phenoxy) is 2. The fourth-order valence-corrected chi connectivity index (χ4v) is 2.79. The van der Waals surface area contributed by atoms with Crippen LogP contribution in [0.4, 0.5) is 11.4 Å². The first-order valence-electron chi connectivity index (χ1n) is 9.06. The maximum absolute atomic E-state index is 12.5. The number of benzene rings is 2. The van der Waals surface area contributed by atoms with Crippen LogP contribution in [0.5, 0.6) is 11.5 Å². The largest absolute Gasteiger partial charge is 0.497 e. The molecule has 7 nitrogen and oxygen atoms in total. The third kappa shape index (κ3) is 6.76. The Bertz CT molecular complexity index is 899. The molecule has 0 aliphatic rings. The summed E-state index contributed by atoms with van der Waals surface area (Å²) in [7, 11) is 3.01. The summed E-state index contributed by atoms with van der Waals surface area (Å²) in [6.07, 6.45) is 0.440. The summed E-state index contributed by atoms with van der Waals surface area (Å²) in [5.74, 6) is 0.756. The van der Waals surface area contributed by atoms with Crippen LogP contribution < -0.4 is 25.4 Å². The molecule has 0 saturated heterocycles. The molecule has 0 aromatic heterocycles. The highest BCUT2D eigenvalue weighted by Gasteiger charge is 2.15. The molecular formula is C21H25N3O4S. The molecule has 3 N–H and O–H groups in total. The van der Waals surface area contributed by atoms with Crippen LogP contribution in [0.15, 0.2) is 42.5 Å². The van der Waals surface area contributed by atoms with Crippen LogP contribution in [0.1, 0.15) is 30.6 Å². The van der Waals surface area contributed by atoms with Crippen molar-refractivity contribution in [3.05, 3.63) is 48.0 Å². The molecule has 0 heterocycles. The lowest BCUT2D eigenvalue weighted by Gasteiger charge is -2.13. The van der Waals surface area contributed by atoms with E-state index in [0.29, 0.717) is 34.9 Å². The number of carbonyl (C=O) groups excluding carboxylic acids is 2. The van der Waals surface area contributed by atoms with Crippen LogP contribution in [0.25, 0.3) is 0 Å². The van der Waals surface area contributed by atoms with Crippen LogP contribution >= 0.6 is 12.2 Å². The normalized spacial score (nSPS) is 10.2. The van der Waals surface area contributed by atoms with Gasteiger partial charge in [0, 0.05) is 23.9 Å². The third-order valence-corrected chi connectivity index (χ3v) is 4.08. The molecule has 2 aromatic carbocycles. The Balaban J connectivity index is 2.01. The minimum Gasteiger partial charge on any atom is -0.497 e. The monoisotopic (exact) mass is 415 g/mol. The van der Waals surface area contributed by atoms with E-state index in [4.69, 9.17) is 21.7 Å². The molecule has 0 fully saturated rings. The molecule has 0 unspecified atom stereocenters. The van der Waals surface area contributed by atoms with Gasteiger partial charge in [0.05, 0.1) is 19.8 Å². The number of hydrogen-bond donors (Lipinski definition) is 3. The molecule has 29 heavy (non-hydrogen) atoms. The summed E-state index contributed by atoms with van der Waals surface area (Å²) in [4.78, 5) is 24.5. The lowest BCUT2D eigenvalue weighted by molar-refractivity contribution is -0.116. The molecule has 8 heteroatoms. The van der Waals surface area contributed by atoms with Gasteiger partial charge in [-0.3, -0.25) is 14.9 Å². The van der Waals surface area contributed by atoms with Crippen molar-refractivity contribution in [3.63, 3.8) is 0 Å². The number of methoxy groups -OCH3 is 2. The van der Waals surface area contributed by atoms with Gasteiger partial charge in [0.1, 0.15) is 11.5 Å². The number of hydrogen-bond acceptors (Lipinski definition) is 5. The molecule has 0 saturated carbocycles. The average Bonchev–Trinajstić information content (AvgIpc) is 2.66. The van der Waals surface area contributed by atoms with Gasteiger partial charge < -0.3 is 20.1 Å². The molecule has 2 rings (SSSR count). The van der Waals surface area contributed by atoms with Crippen molar-refractivity contribution in [3.8, 4) is 11.5 Å². The summed E-state index contributed by atoms with van der Waals surface area (Å²) in [6, 6.07) is 12.0. The maximum atomic E-state index is 12.5. The van der Waals surface area contributed by atoms with Crippen LogP contribution in [-0.2, 0) is 4.79 Å². The Morgan fingerprint density at radius 3 is 2.31 bits per heavy atom. The molecule has 0 aliphatic carbocycles. The minimum atomic E-state index is -0.414. The van der Waals surface area contributed by atoms with Crippen LogP contribution in [0, 0.1) is 5.92 Å². The van der Waals surface area contributed by atoms with E-state index < -0.39 is 5.91 Å². The molecule has 154 valence electrons. The molecule has 0 aliphatic heterocycles. The van der Waals surface area contributed by atoms with E-state index in [9.17, 15) is 9.59 Å². The van der Waals surface area contributed by atoms with Crippen molar-refractivity contribution >= 4 is 40.5 Å². The zero-order valence-electron chi connectivity index (χ0n) is 16.9. The van der Waals surface area contributed by atoms with Crippen molar-refractivity contribution in [2.75, 3.05) is 24.9 Å². The van der Waals surface area contributed by atoms with Crippen LogP contribution in [0.3, 0.4) is 0 Å². The van der Waals surface area contributed by atoms with E-state index in [1.165, 1.54) is 14.2 Å². The molecule has 0 spiro atoms. The molecule has 2 amide bonds. The van der Waals surface area contributed by atoms with Crippen LogP contribution in [-0.4, -0.2) is 31.1 Å². The number of nitrogens with one attached hydrogen (secondary N) is 3. The van der Waals surface area contributed by atoms with Gasteiger partial charge in [-0.2, -0.15) is 0 Å². The predicted octanol–water partition coefficient (Wildman–Crippen LogP) is 3.82. The predicted molar refractivity (Wildman–Crippen MR) is 118 cm³/mol. The zero-order valence-corrected chi connectivity index (χ0v) is 17.7. The van der Waals surface area contributed by atoms with E-state index in [-0.39, 0.29) is 16.9 Å². The molecule has 0 bridgehead atoms. The lowest BCUT2D eigenvalue weighted by Crippen LogP contribution is -2.34. The van der Waals surface area contributed by atoms with Crippen molar-refractivity contribution < 1.29 is 19.1 Å².